The Kier molecular flexibility index (Phi) is 4.78. The maximum absolute atomic E-state index is 13.7. The lowest BCUT2D eigenvalue weighted by molar-refractivity contribution is -0.134. The Morgan fingerprint density at radius 2 is 2.23 bits per heavy atom. The van der Waals surface area contributed by atoms with Crippen LogP contribution in [0.4, 0.5) is 4.39 Å². The van der Waals surface area contributed by atoms with Crippen LogP contribution in [0.5, 0.6) is 5.75 Å². The fraction of sp³-hybridized carbons (Fsp3) is 0.312. The van der Waals surface area contributed by atoms with Gasteiger partial charge in [-0.05, 0) is 42.5 Å². The molecule has 116 valence electrons. The van der Waals surface area contributed by atoms with Crippen LogP contribution < -0.4 is 4.74 Å². The summed E-state index contributed by atoms with van der Waals surface area (Å²) in [5, 5.41) is 2.00. The van der Waals surface area contributed by atoms with Crippen molar-refractivity contribution in [3.63, 3.8) is 0 Å². The maximum Gasteiger partial charge on any atom is 0.261 e. The summed E-state index contributed by atoms with van der Waals surface area (Å²) in [7, 11) is 0. The highest BCUT2D eigenvalue weighted by Crippen LogP contribution is 2.29. The molecule has 1 heterocycles. The molecule has 22 heavy (non-hydrogen) atoms. The number of carbonyl (C=O) groups excluding carboxylic acids is 1. The zero-order valence-corrected chi connectivity index (χ0v) is 14.2. The number of ether oxygens (including phenoxy) is 1. The Balaban J connectivity index is 1.61. The minimum absolute atomic E-state index is 0.0989. The van der Waals surface area contributed by atoms with Gasteiger partial charge in [0.2, 0.25) is 0 Å². The second-order valence-corrected chi connectivity index (χ2v) is 7.14. The molecule has 0 bridgehead atoms. The SMILES string of the molecule is O=C(COc1ccc(Br)cc1F)N(Cc1cccs1)C1CC1. The number of nitrogens with zero attached hydrogens (tertiary/aromatic N) is 1. The van der Waals surface area contributed by atoms with Crippen LogP contribution in [0, 0.1) is 5.82 Å². The summed E-state index contributed by atoms with van der Waals surface area (Å²) in [4.78, 5) is 15.4. The van der Waals surface area contributed by atoms with E-state index >= 15 is 0 Å². The number of hydrogen-bond acceptors (Lipinski definition) is 3. The third-order valence-electron chi connectivity index (χ3n) is 3.46. The van der Waals surface area contributed by atoms with Crippen molar-refractivity contribution >= 4 is 33.2 Å². The zero-order chi connectivity index (χ0) is 15.5. The van der Waals surface area contributed by atoms with E-state index in [-0.39, 0.29) is 18.3 Å². The highest BCUT2D eigenvalue weighted by Gasteiger charge is 2.32. The van der Waals surface area contributed by atoms with Crippen molar-refractivity contribution in [2.24, 2.45) is 0 Å². The molecular weight excluding hydrogens is 369 g/mol. The minimum atomic E-state index is -0.474. The van der Waals surface area contributed by atoms with Crippen molar-refractivity contribution < 1.29 is 13.9 Å². The van der Waals surface area contributed by atoms with Gasteiger partial charge in [-0.15, -0.1) is 11.3 Å². The van der Waals surface area contributed by atoms with E-state index in [1.807, 2.05) is 22.4 Å². The molecule has 3 nitrogen and oxygen atoms in total. The number of rotatable bonds is 6. The van der Waals surface area contributed by atoms with Crippen LogP contribution in [-0.4, -0.2) is 23.5 Å². The molecular formula is C16H15BrFNO2S. The second kappa shape index (κ2) is 6.79. The Bertz CT molecular complexity index is 658. The topological polar surface area (TPSA) is 29.5 Å². The van der Waals surface area contributed by atoms with Gasteiger partial charge in [-0.25, -0.2) is 4.39 Å². The fourth-order valence-electron chi connectivity index (χ4n) is 2.19. The van der Waals surface area contributed by atoms with Gasteiger partial charge in [0.05, 0.1) is 6.54 Å². The normalized spacial score (nSPS) is 13.9. The van der Waals surface area contributed by atoms with Crippen LogP contribution in [0.2, 0.25) is 0 Å². The van der Waals surface area contributed by atoms with Crippen molar-refractivity contribution in [1.82, 2.24) is 4.90 Å². The van der Waals surface area contributed by atoms with Crippen LogP contribution in [-0.2, 0) is 11.3 Å². The molecule has 2 aromatic rings. The summed E-state index contributed by atoms with van der Waals surface area (Å²) in [5.74, 6) is -0.472. The summed E-state index contributed by atoms with van der Waals surface area (Å²) >= 11 is 4.82. The Morgan fingerprint density at radius 1 is 1.41 bits per heavy atom. The summed E-state index contributed by atoms with van der Waals surface area (Å²) in [6.45, 7) is 0.466. The van der Waals surface area contributed by atoms with Gasteiger partial charge in [-0.2, -0.15) is 0 Å². The van der Waals surface area contributed by atoms with Crippen LogP contribution >= 0.6 is 27.3 Å². The van der Waals surface area contributed by atoms with Crippen LogP contribution in [0.3, 0.4) is 0 Å². The predicted molar refractivity (Wildman–Crippen MR) is 87.5 cm³/mol. The van der Waals surface area contributed by atoms with E-state index in [2.05, 4.69) is 15.9 Å². The Hall–Kier alpha value is -1.40. The van der Waals surface area contributed by atoms with Gasteiger partial charge in [0, 0.05) is 15.4 Å². The molecule has 0 atom stereocenters. The van der Waals surface area contributed by atoms with Gasteiger partial charge < -0.3 is 9.64 Å². The fourth-order valence-corrected chi connectivity index (χ4v) is 3.23. The highest BCUT2D eigenvalue weighted by molar-refractivity contribution is 9.10. The van der Waals surface area contributed by atoms with Gasteiger partial charge in [0.25, 0.3) is 5.91 Å². The van der Waals surface area contributed by atoms with Crippen molar-refractivity contribution in [3.8, 4) is 5.75 Å². The number of thiophene rings is 1. The van der Waals surface area contributed by atoms with Crippen molar-refractivity contribution in [2.45, 2.75) is 25.4 Å². The lowest BCUT2D eigenvalue weighted by Crippen LogP contribution is -2.36. The maximum atomic E-state index is 13.7. The molecule has 0 aliphatic heterocycles. The summed E-state index contributed by atoms with van der Waals surface area (Å²) < 4.78 is 19.7. The van der Waals surface area contributed by atoms with Gasteiger partial charge in [-0.3, -0.25) is 4.79 Å². The first kappa shape index (κ1) is 15.5. The predicted octanol–water partition coefficient (Wildman–Crippen LogP) is 4.22. The van der Waals surface area contributed by atoms with E-state index in [4.69, 9.17) is 4.74 Å². The van der Waals surface area contributed by atoms with Crippen molar-refractivity contribution in [2.75, 3.05) is 6.61 Å². The summed E-state index contributed by atoms with van der Waals surface area (Å²) in [6, 6.07) is 8.82. The van der Waals surface area contributed by atoms with E-state index < -0.39 is 5.82 Å². The van der Waals surface area contributed by atoms with E-state index in [9.17, 15) is 9.18 Å². The van der Waals surface area contributed by atoms with E-state index in [1.54, 1.807) is 17.4 Å². The first-order valence-electron chi connectivity index (χ1n) is 7.03. The first-order chi connectivity index (χ1) is 10.6. The third kappa shape index (κ3) is 3.87. The quantitative estimate of drug-likeness (QED) is 0.747. The third-order valence-corrected chi connectivity index (χ3v) is 4.81. The molecule has 1 amide bonds. The number of benzene rings is 1. The zero-order valence-electron chi connectivity index (χ0n) is 11.8. The molecule has 1 saturated carbocycles. The molecule has 0 unspecified atom stereocenters. The number of amides is 1. The van der Waals surface area contributed by atoms with E-state index in [0.717, 1.165) is 17.7 Å². The smallest absolute Gasteiger partial charge is 0.261 e. The standard InChI is InChI=1S/C16H15BrFNO2S/c17-11-3-6-15(14(18)8-11)21-10-16(20)19(12-4-5-12)9-13-2-1-7-22-13/h1-3,6-8,12H,4-5,9-10H2. The van der Waals surface area contributed by atoms with Gasteiger partial charge in [0.1, 0.15) is 0 Å². The molecule has 1 aromatic heterocycles. The van der Waals surface area contributed by atoms with Crippen molar-refractivity contribution in [1.29, 1.82) is 0 Å². The number of halogens is 2. The van der Waals surface area contributed by atoms with E-state index in [1.165, 1.54) is 12.1 Å². The summed E-state index contributed by atoms with van der Waals surface area (Å²) in [6.07, 6.45) is 2.06. The molecule has 0 saturated heterocycles. The highest BCUT2D eigenvalue weighted by atomic mass is 79.9. The number of carbonyl (C=O) groups is 1. The average molecular weight is 384 g/mol. The van der Waals surface area contributed by atoms with Gasteiger partial charge in [-0.1, -0.05) is 22.0 Å². The molecule has 0 radical (unpaired) electrons. The molecule has 1 fully saturated rings. The molecule has 0 spiro atoms. The van der Waals surface area contributed by atoms with Crippen LogP contribution in [0.25, 0.3) is 0 Å². The Labute approximate surface area is 140 Å². The average Bonchev–Trinajstić information content (AvgIpc) is 3.20. The first-order valence-corrected chi connectivity index (χ1v) is 8.70. The number of hydrogen-bond donors (Lipinski definition) is 0. The molecule has 3 rings (SSSR count). The summed E-state index contributed by atoms with van der Waals surface area (Å²) in [5.41, 5.74) is 0. The lowest BCUT2D eigenvalue weighted by atomic mass is 10.3. The van der Waals surface area contributed by atoms with Crippen molar-refractivity contribution in [3.05, 3.63) is 50.9 Å². The van der Waals surface area contributed by atoms with Crippen LogP contribution in [0.15, 0.2) is 40.2 Å². The van der Waals surface area contributed by atoms with Gasteiger partial charge >= 0.3 is 0 Å². The molecule has 1 aliphatic rings. The van der Waals surface area contributed by atoms with E-state index in [0.29, 0.717) is 17.1 Å². The monoisotopic (exact) mass is 383 g/mol. The molecule has 0 N–H and O–H groups in total. The van der Waals surface area contributed by atoms with Gasteiger partial charge in [0.15, 0.2) is 18.2 Å². The lowest BCUT2D eigenvalue weighted by Gasteiger charge is -2.22. The largest absolute Gasteiger partial charge is 0.481 e. The Morgan fingerprint density at radius 3 is 2.86 bits per heavy atom. The minimum Gasteiger partial charge on any atom is -0.481 e. The molecule has 1 aromatic carbocycles. The van der Waals surface area contributed by atoms with Crippen LogP contribution in [0.1, 0.15) is 17.7 Å². The molecule has 6 heteroatoms. The second-order valence-electron chi connectivity index (χ2n) is 5.20. The molecule has 1 aliphatic carbocycles.